The van der Waals surface area contributed by atoms with Crippen LogP contribution >= 0.6 is 0 Å². The van der Waals surface area contributed by atoms with Crippen LogP contribution in [0.4, 0.5) is 0 Å². The van der Waals surface area contributed by atoms with Gasteiger partial charge >= 0.3 is 0 Å². The lowest BCUT2D eigenvalue weighted by Gasteiger charge is -2.14. The highest BCUT2D eigenvalue weighted by atomic mass is 32.2. The van der Waals surface area contributed by atoms with Gasteiger partial charge in [0.1, 0.15) is 16.2 Å². The zero-order valence-electron chi connectivity index (χ0n) is 13.0. The van der Waals surface area contributed by atoms with Crippen molar-refractivity contribution in [1.82, 2.24) is 10.6 Å². The highest BCUT2D eigenvalue weighted by molar-refractivity contribution is 7.89. The van der Waals surface area contributed by atoms with Crippen LogP contribution in [-0.4, -0.2) is 40.1 Å². The molecule has 2 atom stereocenters. The standard InChI is InChI=1S/C15H21N3O4S/c1-22-12-3-2-10(8-13(12)23(16,20)21)4-6-17-14(19)15-9-11(15)5-7-18-15/h2-3,8,11,18H,4-7,9H2,1H3,(H,17,19)(H2,16,20,21)/t11-,15+/m1/s1. The fraction of sp³-hybridized carbons (Fsp3) is 0.533. The lowest BCUT2D eigenvalue weighted by molar-refractivity contribution is -0.124. The number of piperidine rings is 1. The van der Waals surface area contributed by atoms with Crippen molar-refractivity contribution in [2.75, 3.05) is 20.2 Å². The summed E-state index contributed by atoms with van der Waals surface area (Å²) in [6, 6.07) is 4.84. The van der Waals surface area contributed by atoms with Crippen LogP contribution in [0, 0.1) is 5.92 Å². The Kier molecular flexibility index (Phi) is 4.07. The Morgan fingerprint density at radius 3 is 2.87 bits per heavy atom. The molecule has 0 aromatic heterocycles. The molecule has 1 heterocycles. The molecule has 4 N–H and O–H groups in total. The normalized spacial score (nSPS) is 25.7. The fourth-order valence-electron chi connectivity index (χ4n) is 3.30. The van der Waals surface area contributed by atoms with Crippen molar-refractivity contribution in [3.63, 3.8) is 0 Å². The number of fused-ring (bicyclic) bond motifs is 1. The first kappa shape index (κ1) is 16.2. The second-order valence-corrected chi connectivity index (χ2v) is 7.65. The van der Waals surface area contributed by atoms with Gasteiger partial charge in [-0.3, -0.25) is 4.79 Å². The Hall–Kier alpha value is -1.64. The number of benzene rings is 1. The average molecular weight is 339 g/mol. The highest BCUT2D eigenvalue weighted by Crippen LogP contribution is 2.49. The van der Waals surface area contributed by atoms with Gasteiger partial charge in [-0.1, -0.05) is 6.07 Å². The third kappa shape index (κ3) is 3.06. The van der Waals surface area contributed by atoms with Gasteiger partial charge in [-0.15, -0.1) is 0 Å². The summed E-state index contributed by atoms with van der Waals surface area (Å²) < 4.78 is 28.2. The minimum absolute atomic E-state index is 0.0397. The first-order valence-electron chi connectivity index (χ1n) is 7.60. The van der Waals surface area contributed by atoms with Crippen LogP contribution in [-0.2, 0) is 21.2 Å². The predicted molar refractivity (Wildman–Crippen MR) is 84.5 cm³/mol. The lowest BCUT2D eigenvalue weighted by atomic mass is 10.1. The monoisotopic (exact) mass is 339 g/mol. The van der Waals surface area contributed by atoms with Gasteiger partial charge in [-0.2, -0.15) is 0 Å². The van der Waals surface area contributed by atoms with Crippen molar-refractivity contribution >= 4 is 15.9 Å². The van der Waals surface area contributed by atoms with Crippen LogP contribution in [0.2, 0.25) is 0 Å². The van der Waals surface area contributed by atoms with Gasteiger partial charge in [0.2, 0.25) is 15.9 Å². The van der Waals surface area contributed by atoms with E-state index in [2.05, 4.69) is 10.6 Å². The zero-order chi connectivity index (χ0) is 16.7. The molecule has 0 spiro atoms. The summed E-state index contributed by atoms with van der Waals surface area (Å²) in [5.41, 5.74) is 0.436. The summed E-state index contributed by atoms with van der Waals surface area (Å²) >= 11 is 0. The van der Waals surface area contributed by atoms with E-state index in [0.29, 0.717) is 18.9 Å². The number of methoxy groups -OCH3 is 1. The minimum Gasteiger partial charge on any atom is -0.495 e. The number of nitrogens with two attached hydrogens (primary N) is 1. The van der Waals surface area contributed by atoms with Crippen LogP contribution in [0.25, 0.3) is 0 Å². The van der Waals surface area contributed by atoms with Crippen LogP contribution in [0.15, 0.2) is 23.1 Å². The smallest absolute Gasteiger partial charge is 0.241 e. The molecule has 1 aromatic rings. The molecule has 23 heavy (non-hydrogen) atoms. The molecule has 1 aromatic carbocycles. The number of carbonyl (C=O) groups excluding carboxylic acids is 1. The first-order valence-corrected chi connectivity index (χ1v) is 9.14. The molecule has 1 aliphatic heterocycles. The Bertz CT molecular complexity index is 734. The summed E-state index contributed by atoms with van der Waals surface area (Å²) in [6.07, 6.45) is 2.50. The Morgan fingerprint density at radius 2 is 2.30 bits per heavy atom. The minimum atomic E-state index is -3.85. The number of nitrogens with one attached hydrogen (secondary N) is 2. The van der Waals surface area contributed by atoms with Crippen molar-refractivity contribution in [2.45, 2.75) is 29.7 Å². The lowest BCUT2D eigenvalue weighted by Crippen LogP contribution is -2.45. The van der Waals surface area contributed by atoms with Crippen molar-refractivity contribution in [3.05, 3.63) is 23.8 Å². The van der Waals surface area contributed by atoms with Crippen LogP contribution in [0.5, 0.6) is 5.75 Å². The maximum Gasteiger partial charge on any atom is 0.241 e. The van der Waals surface area contributed by atoms with E-state index >= 15 is 0 Å². The molecule has 1 amide bonds. The van der Waals surface area contributed by atoms with Crippen molar-refractivity contribution in [1.29, 1.82) is 0 Å². The molecular formula is C15H21N3O4S. The van der Waals surface area contributed by atoms with Gasteiger partial charge in [-0.05, 0) is 49.4 Å². The van der Waals surface area contributed by atoms with E-state index in [9.17, 15) is 13.2 Å². The summed E-state index contributed by atoms with van der Waals surface area (Å²) in [4.78, 5) is 12.2. The number of sulfonamides is 1. The fourth-order valence-corrected chi connectivity index (χ4v) is 4.05. The average Bonchev–Trinajstić information content (AvgIpc) is 3.08. The predicted octanol–water partition coefficient (Wildman–Crippen LogP) is -0.247. The van der Waals surface area contributed by atoms with Gasteiger partial charge in [-0.25, -0.2) is 13.6 Å². The molecule has 0 radical (unpaired) electrons. The molecule has 1 saturated carbocycles. The number of rotatable bonds is 6. The first-order chi connectivity index (χ1) is 10.9. The van der Waals surface area contributed by atoms with Crippen molar-refractivity contribution < 1.29 is 17.9 Å². The molecule has 8 heteroatoms. The van der Waals surface area contributed by atoms with E-state index in [0.717, 1.165) is 24.9 Å². The van der Waals surface area contributed by atoms with E-state index in [1.165, 1.54) is 13.2 Å². The van der Waals surface area contributed by atoms with E-state index in [1.54, 1.807) is 12.1 Å². The third-order valence-electron chi connectivity index (χ3n) is 4.68. The molecule has 0 unspecified atom stereocenters. The largest absolute Gasteiger partial charge is 0.495 e. The topological polar surface area (TPSA) is 111 Å². The summed E-state index contributed by atoms with van der Waals surface area (Å²) in [6.45, 7) is 1.35. The molecule has 126 valence electrons. The van der Waals surface area contributed by atoms with E-state index in [-0.39, 0.29) is 22.1 Å². The summed E-state index contributed by atoms with van der Waals surface area (Å²) in [5.74, 6) is 0.729. The highest BCUT2D eigenvalue weighted by Gasteiger charge is 2.62. The molecule has 7 nitrogen and oxygen atoms in total. The number of hydrogen-bond donors (Lipinski definition) is 3. The molecule has 2 fully saturated rings. The quantitative estimate of drug-likeness (QED) is 0.662. The van der Waals surface area contributed by atoms with Gasteiger partial charge in [0.25, 0.3) is 0 Å². The molecule has 3 rings (SSSR count). The summed E-state index contributed by atoms with van der Waals surface area (Å²) in [5, 5.41) is 11.4. The number of ether oxygens (including phenoxy) is 1. The zero-order valence-corrected chi connectivity index (χ0v) is 13.8. The van der Waals surface area contributed by atoms with E-state index in [1.807, 2.05) is 0 Å². The van der Waals surface area contributed by atoms with Crippen LogP contribution in [0.1, 0.15) is 18.4 Å². The third-order valence-corrected chi connectivity index (χ3v) is 5.61. The second kappa shape index (κ2) is 5.77. The van der Waals surface area contributed by atoms with Crippen LogP contribution < -0.4 is 20.5 Å². The second-order valence-electron chi connectivity index (χ2n) is 6.12. The number of primary sulfonamides is 1. The van der Waals surface area contributed by atoms with Gasteiger partial charge in [0.05, 0.1) is 7.11 Å². The van der Waals surface area contributed by atoms with E-state index in [4.69, 9.17) is 9.88 Å². The van der Waals surface area contributed by atoms with E-state index < -0.39 is 10.0 Å². The molecular weight excluding hydrogens is 318 g/mol. The van der Waals surface area contributed by atoms with Gasteiger partial charge < -0.3 is 15.4 Å². The molecule has 1 saturated heterocycles. The molecule has 0 bridgehead atoms. The molecule has 2 aliphatic rings. The van der Waals surface area contributed by atoms with Crippen molar-refractivity contribution in [3.8, 4) is 5.75 Å². The maximum absolute atomic E-state index is 12.2. The molecule has 1 aliphatic carbocycles. The summed E-state index contributed by atoms with van der Waals surface area (Å²) in [7, 11) is -2.46. The SMILES string of the molecule is COc1ccc(CCNC(=O)[C@]23C[C@H]2CCN3)cc1S(N)(=O)=O. The van der Waals surface area contributed by atoms with Gasteiger partial charge in [0, 0.05) is 6.54 Å². The van der Waals surface area contributed by atoms with Crippen molar-refractivity contribution in [2.24, 2.45) is 11.1 Å². The number of carbonyl (C=O) groups is 1. The Balaban J connectivity index is 1.61. The number of amides is 1. The maximum atomic E-state index is 12.2. The number of hydrogen-bond acceptors (Lipinski definition) is 5. The van der Waals surface area contributed by atoms with Crippen LogP contribution in [0.3, 0.4) is 0 Å². The Labute approximate surface area is 135 Å². The van der Waals surface area contributed by atoms with Gasteiger partial charge in [0.15, 0.2) is 0 Å². The Morgan fingerprint density at radius 1 is 1.52 bits per heavy atom.